The topological polar surface area (TPSA) is 87.2 Å². The number of ether oxygens (including phenoxy) is 1. The summed E-state index contributed by atoms with van der Waals surface area (Å²) < 4.78 is 5.19. The van der Waals surface area contributed by atoms with Crippen LogP contribution in [-0.4, -0.2) is 46.6 Å². The van der Waals surface area contributed by atoms with Gasteiger partial charge in [0.25, 0.3) is 5.91 Å². The highest BCUT2D eigenvalue weighted by molar-refractivity contribution is 5.96. The molecule has 1 amide bonds. The molecule has 0 spiro atoms. The summed E-state index contributed by atoms with van der Waals surface area (Å²) in [5.41, 5.74) is 1.12. The predicted octanol–water partition coefficient (Wildman–Crippen LogP) is 0.298. The third-order valence-electron chi connectivity index (χ3n) is 3.36. The number of hydrogen-bond acceptors (Lipinski definition) is 4. The van der Waals surface area contributed by atoms with Crippen molar-refractivity contribution in [3.05, 3.63) is 17.0 Å². The Bertz CT molecular complexity index is 416. The highest BCUT2D eigenvalue weighted by Crippen LogP contribution is 2.19. The number of aliphatic hydroxyl groups is 1. The highest BCUT2D eigenvalue weighted by Gasteiger charge is 2.30. The first-order valence-corrected chi connectivity index (χ1v) is 6.12. The van der Waals surface area contributed by atoms with Gasteiger partial charge in [-0.3, -0.25) is 9.89 Å². The van der Waals surface area contributed by atoms with E-state index in [2.05, 4.69) is 15.5 Å². The summed E-state index contributed by atoms with van der Waals surface area (Å²) in [6.07, 6.45) is 1.10. The Hall–Kier alpha value is -1.40. The van der Waals surface area contributed by atoms with Gasteiger partial charge >= 0.3 is 0 Å². The second kappa shape index (κ2) is 5.07. The fourth-order valence-corrected chi connectivity index (χ4v) is 2.15. The molecule has 6 nitrogen and oxygen atoms in total. The molecule has 0 atom stereocenters. The minimum atomic E-state index is -0.848. The zero-order chi connectivity index (χ0) is 13.2. The number of nitrogens with one attached hydrogen (secondary N) is 2. The Morgan fingerprint density at radius 3 is 2.72 bits per heavy atom. The Balaban J connectivity index is 1.96. The van der Waals surface area contributed by atoms with Crippen molar-refractivity contribution in [3.8, 4) is 0 Å². The molecule has 6 heteroatoms. The van der Waals surface area contributed by atoms with Crippen LogP contribution in [0.25, 0.3) is 0 Å². The largest absolute Gasteiger partial charge is 0.388 e. The smallest absolute Gasteiger partial charge is 0.255 e. The van der Waals surface area contributed by atoms with E-state index < -0.39 is 5.60 Å². The molecule has 0 unspecified atom stereocenters. The Morgan fingerprint density at radius 2 is 2.17 bits per heavy atom. The summed E-state index contributed by atoms with van der Waals surface area (Å²) in [6.45, 7) is 4.91. The van der Waals surface area contributed by atoms with Crippen molar-refractivity contribution in [3.63, 3.8) is 0 Å². The van der Waals surface area contributed by atoms with Crippen molar-refractivity contribution < 1.29 is 14.6 Å². The molecule has 0 aliphatic carbocycles. The second-order valence-electron chi connectivity index (χ2n) is 4.83. The number of aryl methyl sites for hydroxylation is 2. The maximum atomic E-state index is 12.0. The number of rotatable bonds is 3. The number of carbonyl (C=O) groups excluding carboxylic acids is 1. The van der Waals surface area contributed by atoms with E-state index in [-0.39, 0.29) is 12.5 Å². The molecule has 2 heterocycles. The summed E-state index contributed by atoms with van der Waals surface area (Å²) in [5, 5.41) is 19.8. The van der Waals surface area contributed by atoms with Gasteiger partial charge in [-0.15, -0.1) is 0 Å². The average Bonchev–Trinajstić information content (AvgIpc) is 2.67. The first-order chi connectivity index (χ1) is 8.52. The molecular weight excluding hydrogens is 234 g/mol. The van der Waals surface area contributed by atoms with E-state index in [1.54, 1.807) is 13.8 Å². The molecule has 0 bridgehead atoms. The fourth-order valence-electron chi connectivity index (χ4n) is 2.15. The maximum Gasteiger partial charge on any atom is 0.255 e. The standard InChI is InChI=1S/C12H19N3O3/c1-8-10(9(2)15-14-8)11(16)13-7-12(17)3-5-18-6-4-12/h17H,3-7H2,1-2H3,(H,13,16)(H,14,15). The SMILES string of the molecule is Cc1n[nH]c(C)c1C(=O)NCC1(O)CCOCC1. The lowest BCUT2D eigenvalue weighted by Gasteiger charge is -2.32. The van der Waals surface area contributed by atoms with Gasteiger partial charge in [-0.2, -0.15) is 5.10 Å². The lowest BCUT2D eigenvalue weighted by Crippen LogP contribution is -2.46. The number of amides is 1. The van der Waals surface area contributed by atoms with Gasteiger partial charge in [-0.05, 0) is 13.8 Å². The maximum absolute atomic E-state index is 12.0. The molecule has 18 heavy (non-hydrogen) atoms. The number of aromatic nitrogens is 2. The number of aromatic amines is 1. The van der Waals surface area contributed by atoms with E-state index in [9.17, 15) is 9.90 Å². The summed E-state index contributed by atoms with van der Waals surface area (Å²) in [6, 6.07) is 0. The number of H-pyrrole nitrogens is 1. The van der Waals surface area contributed by atoms with Gasteiger partial charge in [0.15, 0.2) is 0 Å². The minimum absolute atomic E-state index is 0.196. The van der Waals surface area contributed by atoms with Crippen molar-refractivity contribution in [2.75, 3.05) is 19.8 Å². The number of nitrogens with zero attached hydrogens (tertiary/aromatic N) is 1. The summed E-state index contributed by atoms with van der Waals surface area (Å²) >= 11 is 0. The van der Waals surface area contributed by atoms with Crippen LogP contribution >= 0.6 is 0 Å². The van der Waals surface area contributed by atoms with Crippen molar-refractivity contribution >= 4 is 5.91 Å². The molecule has 1 fully saturated rings. The van der Waals surface area contributed by atoms with E-state index in [1.165, 1.54) is 0 Å². The van der Waals surface area contributed by atoms with E-state index in [0.717, 1.165) is 5.69 Å². The number of hydrogen-bond donors (Lipinski definition) is 3. The third kappa shape index (κ3) is 2.70. The molecule has 1 aromatic heterocycles. The van der Waals surface area contributed by atoms with Crippen LogP contribution in [0.5, 0.6) is 0 Å². The Morgan fingerprint density at radius 1 is 1.50 bits per heavy atom. The van der Waals surface area contributed by atoms with Crippen molar-refractivity contribution in [1.82, 2.24) is 15.5 Å². The average molecular weight is 253 g/mol. The van der Waals surface area contributed by atoms with Crippen LogP contribution in [0.2, 0.25) is 0 Å². The van der Waals surface area contributed by atoms with E-state index in [4.69, 9.17) is 4.74 Å². The first-order valence-electron chi connectivity index (χ1n) is 6.12. The second-order valence-corrected chi connectivity index (χ2v) is 4.83. The van der Waals surface area contributed by atoms with Gasteiger partial charge in [0.1, 0.15) is 0 Å². The van der Waals surface area contributed by atoms with Crippen molar-refractivity contribution in [1.29, 1.82) is 0 Å². The van der Waals surface area contributed by atoms with E-state index in [1.807, 2.05) is 0 Å². The minimum Gasteiger partial charge on any atom is -0.388 e. The van der Waals surface area contributed by atoms with E-state index in [0.29, 0.717) is 37.3 Å². The van der Waals surface area contributed by atoms with Gasteiger partial charge < -0.3 is 15.2 Å². The third-order valence-corrected chi connectivity index (χ3v) is 3.36. The summed E-state index contributed by atoms with van der Waals surface area (Å²) in [4.78, 5) is 12.0. The Labute approximate surface area is 106 Å². The van der Waals surface area contributed by atoms with Gasteiger partial charge in [-0.25, -0.2) is 0 Å². The zero-order valence-electron chi connectivity index (χ0n) is 10.7. The molecule has 100 valence electrons. The number of carbonyl (C=O) groups is 1. The van der Waals surface area contributed by atoms with Crippen LogP contribution in [0.15, 0.2) is 0 Å². The molecule has 1 aliphatic rings. The van der Waals surface area contributed by atoms with Crippen LogP contribution in [-0.2, 0) is 4.74 Å². The zero-order valence-corrected chi connectivity index (χ0v) is 10.7. The molecule has 3 N–H and O–H groups in total. The monoisotopic (exact) mass is 253 g/mol. The quantitative estimate of drug-likeness (QED) is 0.723. The molecule has 0 aromatic carbocycles. The molecule has 0 saturated carbocycles. The molecular formula is C12H19N3O3. The van der Waals surface area contributed by atoms with Gasteiger partial charge in [0.05, 0.1) is 16.9 Å². The van der Waals surface area contributed by atoms with Crippen LogP contribution in [0, 0.1) is 13.8 Å². The van der Waals surface area contributed by atoms with Crippen LogP contribution in [0.3, 0.4) is 0 Å². The molecule has 2 rings (SSSR count). The van der Waals surface area contributed by atoms with Gasteiger partial charge in [0, 0.05) is 38.3 Å². The highest BCUT2D eigenvalue weighted by atomic mass is 16.5. The van der Waals surface area contributed by atoms with Gasteiger partial charge in [-0.1, -0.05) is 0 Å². The molecule has 1 aliphatic heterocycles. The Kier molecular flexibility index (Phi) is 3.68. The lowest BCUT2D eigenvalue weighted by molar-refractivity contribution is -0.0605. The van der Waals surface area contributed by atoms with Crippen LogP contribution in [0.4, 0.5) is 0 Å². The van der Waals surface area contributed by atoms with Crippen LogP contribution < -0.4 is 5.32 Å². The van der Waals surface area contributed by atoms with E-state index >= 15 is 0 Å². The normalized spacial score (nSPS) is 18.6. The first kappa shape index (κ1) is 13.0. The lowest BCUT2D eigenvalue weighted by atomic mass is 9.94. The predicted molar refractivity (Wildman–Crippen MR) is 65.4 cm³/mol. The van der Waals surface area contributed by atoms with Crippen molar-refractivity contribution in [2.24, 2.45) is 0 Å². The van der Waals surface area contributed by atoms with Crippen molar-refractivity contribution in [2.45, 2.75) is 32.3 Å². The van der Waals surface area contributed by atoms with Gasteiger partial charge in [0.2, 0.25) is 0 Å². The molecule has 1 saturated heterocycles. The fraction of sp³-hybridized carbons (Fsp3) is 0.667. The summed E-state index contributed by atoms with van der Waals surface area (Å²) in [7, 11) is 0. The summed E-state index contributed by atoms with van der Waals surface area (Å²) in [5.74, 6) is -0.196. The molecule has 0 radical (unpaired) electrons. The van der Waals surface area contributed by atoms with Crippen LogP contribution in [0.1, 0.15) is 34.6 Å². The molecule has 1 aromatic rings.